The minimum atomic E-state index is -0.159. The lowest BCUT2D eigenvalue weighted by atomic mass is 10.2. The lowest BCUT2D eigenvalue weighted by molar-refractivity contribution is 0.708. The van der Waals surface area contributed by atoms with Crippen LogP contribution in [0.25, 0.3) is 11.4 Å². The Morgan fingerprint density at radius 3 is 2.94 bits per heavy atom. The van der Waals surface area contributed by atoms with E-state index in [1.165, 1.54) is 6.07 Å². The molecule has 94 valence electrons. The summed E-state index contributed by atoms with van der Waals surface area (Å²) >= 11 is 3.34. The number of nitrogens with one attached hydrogen (secondary N) is 2. The first-order valence-electron chi connectivity index (χ1n) is 5.61. The topological polar surface area (TPSA) is 70.7 Å². The molecule has 2 aromatic heterocycles. The molecule has 2 heterocycles. The van der Waals surface area contributed by atoms with Gasteiger partial charge in [0, 0.05) is 35.0 Å². The molecule has 0 aliphatic heterocycles. The Labute approximate surface area is 113 Å². The summed E-state index contributed by atoms with van der Waals surface area (Å²) < 4.78 is 0.847. The fourth-order valence-electron chi connectivity index (χ4n) is 1.53. The van der Waals surface area contributed by atoms with E-state index < -0.39 is 0 Å². The molecule has 0 atom stereocenters. The molecular formula is C12H13BrN4O. The first kappa shape index (κ1) is 12.9. The predicted octanol–water partition coefficient (Wildman–Crippen LogP) is 1.70. The van der Waals surface area contributed by atoms with Crippen molar-refractivity contribution in [3.8, 4) is 11.4 Å². The van der Waals surface area contributed by atoms with Crippen LogP contribution in [0.2, 0.25) is 0 Å². The van der Waals surface area contributed by atoms with Gasteiger partial charge < -0.3 is 10.3 Å². The minimum Gasteiger partial charge on any atom is -0.311 e. The molecule has 2 aromatic rings. The van der Waals surface area contributed by atoms with Crippen molar-refractivity contribution in [2.75, 3.05) is 6.54 Å². The van der Waals surface area contributed by atoms with Gasteiger partial charge in [0.1, 0.15) is 5.82 Å². The molecule has 0 spiro atoms. The monoisotopic (exact) mass is 308 g/mol. The number of halogens is 1. The Bertz CT molecular complexity index is 597. The molecule has 0 unspecified atom stereocenters. The van der Waals surface area contributed by atoms with Crippen molar-refractivity contribution in [1.29, 1.82) is 0 Å². The van der Waals surface area contributed by atoms with E-state index >= 15 is 0 Å². The predicted molar refractivity (Wildman–Crippen MR) is 73.2 cm³/mol. The summed E-state index contributed by atoms with van der Waals surface area (Å²) in [4.78, 5) is 22.8. The second kappa shape index (κ2) is 5.88. The number of hydrogen-bond donors (Lipinski definition) is 2. The van der Waals surface area contributed by atoms with Crippen LogP contribution in [0.3, 0.4) is 0 Å². The molecule has 0 aliphatic carbocycles. The van der Waals surface area contributed by atoms with Crippen LogP contribution >= 0.6 is 15.9 Å². The Morgan fingerprint density at radius 1 is 1.39 bits per heavy atom. The molecule has 2 N–H and O–H groups in total. The number of aromatic amines is 1. The molecule has 0 bridgehead atoms. The van der Waals surface area contributed by atoms with Crippen molar-refractivity contribution in [3.63, 3.8) is 0 Å². The van der Waals surface area contributed by atoms with Crippen molar-refractivity contribution >= 4 is 15.9 Å². The quantitative estimate of drug-likeness (QED) is 0.902. The molecule has 0 saturated heterocycles. The van der Waals surface area contributed by atoms with Crippen molar-refractivity contribution in [1.82, 2.24) is 20.3 Å². The number of aromatic nitrogens is 3. The number of pyridine rings is 1. The van der Waals surface area contributed by atoms with Crippen LogP contribution in [0.4, 0.5) is 0 Å². The highest BCUT2D eigenvalue weighted by Crippen LogP contribution is 2.17. The van der Waals surface area contributed by atoms with Crippen LogP contribution in [0.5, 0.6) is 0 Å². The van der Waals surface area contributed by atoms with Crippen LogP contribution in [-0.2, 0) is 6.54 Å². The van der Waals surface area contributed by atoms with Gasteiger partial charge in [-0.05, 0) is 28.5 Å². The molecule has 0 amide bonds. The summed E-state index contributed by atoms with van der Waals surface area (Å²) in [5.41, 5.74) is 1.34. The van der Waals surface area contributed by atoms with Gasteiger partial charge in [-0.3, -0.25) is 9.78 Å². The van der Waals surface area contributed by atoms with E-state index in [4.69, 9.17) is 0 Å². The normalized spacial score (nSPS) is 10.6. The van der Waals surface area contributed by atoms with Crippen LogP contribution in [0.15, 0.2) is 33.8 Å². The Kier molecular flexibility index (Phi) is 4.22. The van der Waals surface area contributed by atoms with Gasteiger partial charge in [-0.15, -0.1) is 0 Å². The molecule has 18 heavy (non-hydrogen) atoms. The summed E-state index contributed by atoms with van der Waals surface area (Å²) in [7, 11) is 0. The molecule has 2 rings (SSSR count). The van der Waals surface area contributed by atoms with Gasteiger partial charge in [0.25, 0.3) is 5.56 Å². The van der Waals surface area contributed by atoms with E-state index in [2.05, 4.69) is 36.2 Å². The van der Waals surface area contributed by atoms with E-state index in [0.29, 0.717) is 12.4 Å². The average molecular weight is 309 g/mol. The van der Waals surface area contributed by atoms with Gasteiger partial charge >= 0.3 is 0 Å². The third-order valence-corrected chi connectivity index (χ3v) is 2.76. The molecule has 5 nitrogen and oxygen atoms in total. The van der Waals surface area contributed by atoms with E-state index in [-0.39, 0.29) is 5.56 Å². The molecule has 0 saturated carbocycles. The highest BCUT2D eigenvalue weighted by molar-refractivity contribution is 9.10. The minimum absolute atomic E-state index is 0.159. The van der Waals surface area contributed by atoms with Gasteiger partial charge in [0.15, 0.2) is 0 Å². The van der Waals surface area contributed by atoms with Crippen LogP contribution < -0.4 is 10.9 Å². The second-order valence-corrected chi connectivity index (χ2v) is 4.67. The van der Waals surface area contributed by atoms with Crippen molar-refractivity contribution in [2.24, 2.45) is 0 Å². The maximum absolute atomic E-state index is 11.6. The molecule has 0 aromatic carbocycles. The summed E-state index contributed by atoms with van der Waals surface area (Å²) in [6, 6.07) is 3.36. The summed E-state index contributed by atoms with van der Waals surface area (Å²) in [6.45, 7) is 3.42. The SMILES string of the molecule is CCNCc1cc(=O)[nH]c(-c2cncc(Br)c2)n1. The zero-order valence-electron chi connectivity index (χ0n) is 9.90. The largest absolute Gasteiger partial charge is 0.311 e. The van der Waals surface area contributed by atoms with E-state index in [9.17, 15) is 4.79 Å². The number of hydrogen-bond acceptors (Lipinski definition) is 4. The van der Waals surface area contributed by atoms with Gasteiger partial charge in [0.05, 0.1) is 5.69 Å². The molecular weight excluding hydrogens is 296 g/mol. The van der Waals surface area contributed by atoms with E-state index in [1.807, 2.05) is 13.0 Å². The lowest BCUT2D eigenvalue weighted by Crippen LogP contribution is -2.17. The van der Waals surface area contributed by atoms with Crippen LogP contribution in [-0.4, -0.2) is 21.5 Å². The Hall–Kier alpha value is -1.53. The zero-order valence-corrected chi connectivity index (χ0v) is 11.5. The highest BCUT2D eigenvalue weighted by Gasteiger charge is 2.04. The highest BCUT2D eigenvalue weighted by atomic mass is 79.9. The van der Waals surface area contributed by atoms with Gasteiger partial charge in [-0.1, -0.05) is 6.92 Å². The maximum Gasteiger partial charge on any atom is 0.251 e. The third-order valence-electron chi connectivity index (χ3n) is 2.33. The summed E-state index contributed by atoms with van der Waals surface area (Å²) in [6.07, 6.45) is 3.35. The van der Waals surface area contributed by atoms with Crippen molar-refractivity contribution < 1.29 is 0 Å². The third kappa shape index (κ3) is 3.24. The first-order valence-corrected chi connectivity index (χ1v) is 6.40. The van der Waals surface area contributed by atoms with Crippen molar-refractivity contribution in [2.45, 2.75) is 13.5 Å². The molecule has 0 radical (unpaired) electrons. The number of H-pyrrole nitrogens is 1. The van der Waals surface area contributed by atoms with Crippen molar-refractivity contribution in [3.05, 3.63) is 45.0 Å². The van der Waals surface area contributed by atoms with Crippen LogP contribution in [0, 0.1) is 0 Å². The van der Waals surface area contributed by atoms with Gasteiger partial charge in [-0.25, -0.2) is 4.98 Å². The molecule has 6 heteroatoms. The van der Waals surface area contributed by atoms with E-state index in [0.717, 1.165) is 22.3 Å². The fourth-order valence-corrected chi connectivity index (χ4v) is 1.89. The molecule has 0 aliphatic rings. The standard InChI is InChI=1S/C12H13BrN4O/c1-2-14-7-10-4-11(18)17-12(16-10)8-3-9(13)6-15-5-8/h3-6,14H,2,7H2,1H3,(H,16,17,18). The Morgan fingerprint density at radius 2 is 2.22 bits per heavy atom. The number of rotatable bonds is 4. The number of nitrogens with zero attached hydrogens (tertiary/aromatic N) is 2. The lowest BCUT2D eigenvalue weighted by Gasteiger charge is -2.05. The molecule has 0 fully saturated rings. The van der Waals surface area contributed by atoms with Gasteiger partial charge in [0.2, 0.25) is 0 Å². The summed E-state index contributed by atoms with van der Waals surface area (Å²) in [5, 5.41) is 3.14. The van der Waals surface area contributed by atoms with Crippen LogP contribution in [0.1, 0.15) is 12.6 Å². The van der Waals surface area contributed by atoms with Gasteiger partial charge in [-0.2, -0.15) is 0 Å². The maximum atomic E-state index is 11.6. The second-order valence-electron chi connectivity index (χ2n) is 3.76. The summed E-state index contributed by atoms with van der Waals surface area (Å²) in [5.74, 6) is 0.532. The van der Waals surface area contributed by atoms with E-state index in [1.54, 1.807) is 12.4 Å². The smallest absolute Gasteiger partial charge is 0.251 e. The average Bonchev–Trinajstić information content (AvgIpc) is 2.36. The Balaban J connectivity index is 2.38. The zero-order chi connectivity index (χ0) is 13.0. The fraction of sp³-hybridized carbons (Fsp3) is 0.250. The first-order chi connectivity index (χ1) is 8.69.